The number of ketones is 1. The van der Waals surface area contributed by atoms with E-state index < -0.39 is 11.9 Å². The summed E-state index contributed by atoms with van der Waals surface area (Å²) in [5.41, 5.74) is 0. The highest BCUT2D eigenvalue weighted by Gasteiger charge is 2.34. The molecule has 3 nitrogen and oxygen atoms in total. The second-order valence-electron chi connectivity index (χ2n) is 1.90. The van der Waals surface area contributed by atoms with Crippen LogP contribution in [-0.2, 0) is 9.59 Å². The number of carbonyl (C=O) groups excluding carboxylic acids is 1. The van der Waals surface area contributed by atoms with Gasteiger partial charge in [-0.1, -0.05) is 0 Å². The maximum absolute atomic E-state index is 10.3. The van der Waals surface area contributed by atoms with Crippen LogP contribution < -0.4 is 0 Å². The van der Waals surface area contributed by atoms with Crippen LogP contribution in [0.3, 0.4) is 0 Å². The van der Waals surface area contributed by atoms with E-state index in [4.69, 9.17) is 5.11 Å². The molecule has 0 bridgehead atoms. The smallest absolute Gasteiger partial charge is 0.314 e. The van der Waals surface area contributed by atoms with E-state index in [9.17, 15) is 9.59 Å². The third-order valence-electron chi connectivity index (χ3n) is 1.37. The standard InChI is InChI=1S/C5H6O3/c6-4-2-1-3(4)5(7)8/h3H,1-2H2,(H,7,8). The molecule has 8 heavy (non-hydrogen) atoms. The zero-order chi connectivity index (χ0) is 6.15. The van der Waals surface area contributed by atoms with Crippen molar-refractivity contribution >= 4 is 11.8 Å². The number of hydrogen-bond acceptors (Lipinski definition) is 2. The minimum Gasteiger partial charge on any atom is -0.481 e. The summed E-state index contributed by atoms with van der Waals surface area (Å²) in [4.78, 5) is 20.3. The highest BCUT2D eigenvalue weighted by Crippen LogP contribution is 2.21. The summed E-state index contributed by atoms with van der Waals surface area (Å²) in [6.45, 7) is 0. The Morgan fingerprint density at radius 3 is 2.38 bits per heavy atom. The van der Waals surface area contributed by atoms with Crippen molar-refractivity contribution in [1.29, 1.82) is 0 Å². The monoisotopic (exact) mass is 114 g/mol. The van der Waals surface area contributed by atoms with Gasteiger partial charge in [-0.3, -0.25) is 9.59 Å². The van der Waals surface area contributed by atoms with Gasteiger partial charge in [0.15, 0.2) is 0 Å². The van der Waals surface area contributed by atoms with Crippen LogP contribution >= 0.6 is 0 Å². The molecule has 0 aromatic heterocycles. The van der Waals surface area contributed by atoms with Gasteiger partial charge in [0.05, 0.1) is 0 Å². The lowest BCUT2D eigenvalue weighted by Gasteiger charge is -2.18. The number of carboxylic acid groups (broad SMARTS) is 1. The molecule has 0 amide bonds. The van der Waals surface area contributed by atoms with Gasteiger partial charge in [-0.15, -0.1) is 0 Å². The van der Waals surface area contributed by atoms with E-state index in [0.29, 0.717) is 12.8 Å². The van der Waals surface area contributed by atoms with Crippen LogP contribution in [0.5, 0.6) is 0 Å². The molecule has 1 rings (SSSR count). The molecule has 0 aromatic carbocycles. The summed E-state index contributed by atoms with van der Waals surface area (Å²) >= 11 is 0. The summed E-state index contributed by atoms with van der Waals surface area (Å²) < 4.78 is 0. The summed E-state index contributed by atoms with van der Waals surface area (Å²) in [6, 6.07) is 0. The first-order valence-corrected chi connectivity index (χ1v) is 2.47. The highest BCUT2D eigenvalue weighted by molar-refractivity contribution is 6.02. The van der Waals surface area contributed by atoms with E-state index >= 15 is 0 Å². The fraction of sp³-hybridized carbons (Fsp3) is 0.600. The number of carboxylic acids is 1. The van der Waals surface area contributed by atoms with E-state index in [-0.39, 0.29) is 5.78 Å². The first kappa shape index (κ1) is 5.28. The average molecular weight is 114 g/mol. The molecular formula is C5H6O3. The Kier molecular flexibility index (Phi) is 1.04. The topological polar surface area (TPSA) is 54.4 Å². The van der Waals surface area contributed by atoms with Crippen LogP contribution in [0.25, 0.3) is 0 Å². The molecule has 1 fully saturated rings. The van der Waals surface area contributed by atoms with Gasteiger partial charge in [0.1, 0.15) is 11.7 Å². The molecule has 0 spiro atoms. The van der Waals surface area contributed by atoms with Crippen molar-refractivity contribution in [3.05, 3.63) is 0 Å². The molecule has 0 aromatic rings. The molecule has 0 radical (unpaired) electrons. The molecule has 3 heteroatoms. The Labute approximate surface area is 46.3 Å². The minimum atomic E-state index is -0.971. The third-order valence-corrected chi connectivity index (χ3v) is 1.37. The van der Waals surface area contributed by atoms with Gasteiger partial charge in [-0.2, -0.15) is 0 Å². The maximum atomic E-state index is 10.3. The van der Waals surface area contributed by atoms with Crippen molar-refractivity contribution in [2.24, 2.45) is 5.92 Å². The van der Waals surface area contributed by atoms with E-state index in [1.54, 1.807) is 0 Å². The molecule has 1 saturated carbocycles. The second-order valence-corrected chi connectivity index (χ2v) is 1.90. The van der Waals surface area contributed by atoms with Gasteiger partial charge >= 0.3 is 5.97 Å². The summed E-state index contributed by atoms with van der Waals surface area (Å²) in [6.07, 6.45) is 0.991. The Hall–Kier alpha value is -0.860. The highest BCUT2D eigenvalue weighted by atomic mass is 16.4. The van der Waals surface area contributed by atoms with Crippen LogP contribution in [0, 0.1) is 5.92 Å². The quantitative estimate of drug-likeness (QED) is 0.490. The van der Waals surface area contributed by atoms with Gasteiger partial charge in [0.25, 0.3) is 0 Å². The third kappa shape index (κ3) is 0.598. The van der Waals surface area contributed by atoms with Crippen molar-refractivity contribution in [3.8, 4) is 0 Å². The van der Waals surface area contributed by atoms with E-state index in [0.717, 1.165) is 0 Å². The van der Waals surface area contributed by atoms with E-state index in [1.165, 1.54) is 0 Å². The van der Waals surface area contributed by atoms with Crippen LogP contribution in [0.2, 0.25) is 0 Å². The summed E-state index contributed by atoms with van der Waals surface area (Å²) in [5.74, 6) is -1.77. The Morgan fingerprint density at radius 1 is 1.75 bits per heavy atom. The van der Waals surface area contributed by atoms with Gasteiger partial charge in [-0.05, 0) is 6.42 Å². The number of aliphatic carboxylic acids is 1. The number of Topliss-reactive ketones (excluding diaryl/α,β-unsaturated/α-hetero) is 1. The van der Waals surface area contributed by atoms with Gasteiger partial charge < -0.3 is 5.11 Å². The van der Waals surface area contributed by atoms with Crippen molar-refractivity contribution < 1.29 is 14.7 Å². The fourth-order valence-electron chi connectivity index (χ4n) is 0.668. The average Bonchev–Trinajstić information content (AvgIpc) is 1.61. The molecule has 1 aliphatic carbocycles. The Balaban J connectivity index is 2.49. The lowest BCUT2D eigenvalue weighted by Crippen LogP contribution is -2.32. The number of rotatable bonds is 1. The predicted molar refractivity (Wildman–Crippen MR) is 25.4 cm³/mol. The van der Waals surface area contributed by atoms with Crippen LogP contribution in [0.15, 0.2) is 0 Å². The van der Waals surface area contributed by atoms with Crippen molar-refractivity contribution in [2.45, 2.75) is 12.8 Å². The zero-order valence-corrected chi connectivity index (χ0v) is 4.26. The van der Waals surface area contributed by atoms with Crippen molar-refractivity contribution in [3.63, 3.8) is 0 Å². The zero-order valence-electron chi connectivity index (χ0n) is 4.26. The molecule has 1 unspecified atom stereocenters. The molecule has 0 heterocycles. The molecule has 1 N–H and O–H groups in total. The van der Waals surface area contributed by atoms with Crippen LogP contribution in [-0.4, -0.2) is 16.9 Å². The molecule has 0 aliphatic heterocycles. The number of carbonyl (C=O) groups is 2. The van der Waals surface area contributed by atoms with Crippen molar-refractivity contribution in [1.82, 2.24) is 0 Å². The number of hydrogen-bond donors (Lipinski definition) is 1. The normalized spacial score (nSPS) is 27.0. The Morgan fingerprint density at radius 2 is 2.38 bits per heavy atom. The van der Waals surface area contributed by atoms with Gasteiger partial charge in [-0.25, -0.2) is 0 Å². The van der Waals surface area contributed by atoms with E-state index in [2.05, 4.69) is 0 Å². The predicted octanol–water partition coefficient (Wildman–Crippen LogP) is 0.0501. The lowest BCUT2D eigenvalue weighted by molar-refractivity contribution is -0.150. The molecule has 1 atom stereocenters. The van der Waals surface area contributed by atoms with E-state index in [1.807, 2.05) is 0 Å². The largest absolute Gasteiger partial charge is 0.481 e. The molecule has 1 aliphatic rings. The fourth-order valence-corrected chi connectivity index (χ4v) is 0.668. The molecular weight excluding hydrogens is 108 g/mol. The minimum absolute atomic E-state index is 0.127. The summed E-state index contributed by atoms with van der Waals surface area (Å²) in [5, 5.41) is 8.18. The molecule has 44 valence electrons. The first-order chi connectivity index (χ1) is 3.72. The van der Waals surface area contributed by atoms with Gasteiger partial charge in [0.2, 0.25) is 0 Å². The van der Waals surface area contributed by atoms with Crippen LogP contribution in [0.4, 0.5) is 0 Å². The molecule has 0 saturated heterocycles. The Bertz CT molecular complexity index is 131. The lowest BCUT2D eigenvalue weighted by atomic mass is 9.84. The SMILES string of the molecule is O=C(O)C1CCC1=O. The first-order valence-electron chi connectivity index (χ1n) is 2.47. The van der Waals surface area contributed by atoms with Crippen molar-refractivity contribution in [2.75, 3.05) is 0 Å². The maximum Gasteiger partial charge on any atom is 0.314 e. The van der Waals surface area contributed by atoms with Gasteiger partial charge in [0, 0.05) is 6.42 Å². The summed E-state index contributed by atoms with van der Waals surface area (Å²) in [7, 11) is 0. The van der Waals surface area contributed by atoms with Crippen LogP contribution in [0.1, 0.15) is 12.8 Å². The second kappa shape index (κ2) is 1.58.